The van der Waals surface area contributed by atoms with Gasteiger partial charge in [0.15, 0.2) is 0 Å². The summed E-state index contributed by atoms with van der Waals surface area (Å²) in [6.45, 7) is 5.93. The summed E-state index contributed by atoms with van der Waals surface area (Å²) in [6, 6.07) is 2.63. The van der Waals surface area contributed by atoms with Gasteiger partial charge in [0.2, 0.25) is 0 Å². The lowest BCUT2D eigenvalue weighted by molar-refractivity contribution is 0.275. The van der Waals surface area contributed by atoms with Gasteiger partial charge in [0.25, 0.3) is 0 Å². The van der Waals surface area contributed by atoms with Gasteiger partial charge in [0.1, 0.15) is 0 Å². The van der Waals surface area contributed by atoms with Crippen molar-refractivity contribution in [1.29, 1.82) is 0 Å². The quantitative estimate of drug-likeness (QED) is 0.847. The van der Waals surface area contributed by atoms with E-state index in [0.29, 0.717) is 5.41 Å². The first-order valence-corrected chi connectivity index (χ1v) is 7.54. The first-order valence-electron chi connectivity index (χ1n) is 7.54. The fraction of sp³-hybridized carbons (Fsp3) is 0.750. The monoisotopic (exact) mass is 246 g/mol. The molecule has 1 fully saturated rings. The molecule has 100 valence electrons. The third-order valence-electron chi connectivity index (χ3n) is 5.13. The highest BCUT2D eigenvalue weighted by Gasteiger charge is 2.31. The molecule has 1 saturated carbocycles. The lowest BCUT2D eigenvalue weighted by Gasteiger charge is -2.28. The normalized spacial score (nSPS) is 26.3. The number of fused-ring (bicyclic) bond motifs is 1. The molecule has 0 amide bonds. The average molecular weight is 246 g/mol. The zero-order valence-corrected chi connectivity index (χ0v) is 11.8. The van der Waals surface area contributed by atoms with E-state index in [-0.39, 0.29) is 6.04 Å². The van der Waals surface area contributed by atoms with Gasteiger partial charge >= 0.3 is 0 Å². The molecular weight excluding hydrogens is 220 g/mol. The largest absolute Gasteiger partial charge is 0.348 e. The Hall–Kier alpha value is -0.760. The second-order valence-corrected chi connectivity index (χ2v) is 6.79. The van der Waals surface area contributed by atoms with Crippen LogP contribution in [0.25, 0.3) is 0 Å². The lowest BCUT2D eigenvalue weighted by Crippen LogP contribution is -2.24. The summed E-state index contributed by atoms with van der Waals surface area (Å²) in [7, 11) is 0. The molecule has 1 aromatic rings. The molecule has 0 bridgehead atoms. The molecule has 0 spiro atoms. The van der Waals surface area contributed by atoms with Crippen molar-refractivity contribution >= 4 is 0 Å². The van der Waals surface area contributed by atoms with Crippen LogP contribution < -0.4 is 5.73 Å². The molecule has 3 rings (SSSR count). The van der Waals surface area contributed by atoms with E-state index >= 15 is 0 Å². The summed E-state index contributed by atoms with van der Waals surface area (Å²) >= 11 is 0. The summed E-state index contributed by atoms with van der Waals surface area (Å²) in [5.74, 6) is 0. The topological polar surface area (TPSA) is 30.9 Å². The van der Waals surface area contributed by atoms with Gasteiger partial charge in [-0.2, -0.15) is 0 Å². The minimum absolute atomic E-state index is 0.282. The number of aromatic nitrogens is 1. The Labute approximate surface area is 111 Å². The molecule has 2 heteroatoms. The second-order valence-electron chi connectivity index (χ2n) is 6.79. The van der Waals surface area contributed by atoms with Crippen molar-refractivity contribution in [2.45, 2.75) is 71.4 Å². The number of nitrogens with two attached hydrogens (primary N) is 1. The zero-order valence-electron chi connectivity index (χ0n) is 11.8. The fourth-order valence-electron chi connectivity index (χ4n) is 3.99. The van der Waals surface area contributed by atoms with Crippen LogP contribution in [0.1, 0.15) is 68.4 Å². The van der Waals surface area contributed by atoms with Crippen molar-refractivity contribution in [3.8, 4) is 0 Å². The predicted molar refractivity (Wildman–Crippen MR) is 75.6 cm³/mol. The van der Waals surface area contributed by atoms with E-state index in [2.05, 4.69) is 24.5 Å². The Balaban J connectivity index is 1.92. The maximum absolute atomic E-state index is 6.26. The Kier molecular flexibility index (Phi) is 3.01. The van der Waals surface area contributed by atoms with Gasteiger partial charge in [-0.1, -0.05) is 19.8 Å². The molecule has 1 atom stereocenters. The standard InChI is InChI=1S/C16H26N2/c1-12-10-13-14(17)6-5-7-15(13)18(12)11-16(2)8-3-4-9-16/h10,14H,3-9,11,17H2,1-2H3. The SMILES string of the molecule is Cc1cc2c(n1CC1(C)CCCC1)CCCC2N. The van der Waals surface area contributed by atoms with Crippen molar-refractivity contribution in [2.24, 2.45) is 11.1 Å². The summed E-state index contributed by atoms with van der Waals surface area (Å²) in [5, 5.41) is 0. The van der Waals surface area contributed by atoms with Crippen molar-refractivity contribution in [2.75, 3.05) is 0 Å². The maximum atomic E-state index is 6.26. The fourth-order valence-corrected chi connectivity index (χ4v) is 3.99. The first-order chi connectivity index (χ1) is 8.59. The van der Waals surface area contributed by atoms with Crippen molar-refractivity contribution in [1.82, 2.24) is 4.57 Å². The summed E-state index contributed by atoms with van der Waals surface area (Å²) in [5.41, 5.74) is 11.2. The van der Waals surface area contributed by atoms with Gasteiger partial charge in [0.05, 0.1) is 0 Å². The summed E-state index contributed by atoms with van der Waals surface area (Å²) in [6.07, 6.45) is 9.27. The molecule has 0 radical (unpaired) electrons. The van der Waals surface area contributed by atoms with Crippen LogP contribution in [0.4, 0.5) is 0 Å². The molecule has 2 N–H and O–H groups in total. The Morgan fingerprint density at radius 3 is 2.78 bits per heavy atom. The number of hydrogen-bond acceptors (Lipinski definition) is 1. The molecule has 0 saturated heterocycles. The van der Waals surface area contributed by atoms with Crippen molar-refractivity contribution in [3.63, 3.8) is 0 Å². The van der Waals surface area contributed by atoms with E-state index in [1.807, 2.05) is 0 Å². The van der Waals surface area contributed by atoms with E-state index in [1.165, 1.54) is 56.3 Å². The molecule has 2 nitrogen and oxygen atoms in total. The third-order valence-corrected chi connectivity index (χ3v) is 5.13. The number of hydrogen-bond donors (Lipinski definition) is 1. The molecule has 2 aliphatic carbocycles. The molecule has 0 aromatic carbocycles. The van der Waals surface area contributed by atoms with Crippen LogP contribution in [-0.2, 0) is 13.0 Å². The van der Waals surface area contributed by atoms with Crippen LogP contribution in [0.5, 0.6) is 0 Å². The minimum atomic E-state index is 0.282. The van der Waals surface area contributed by atoms with Crippen LogP contribution in [-0.4, -0.2) is 4.57 Å². The lowest BCUT2D eigenvalue weighted by atomic mass is 9.88. The first kappa shape index (κ1) is 12.3. The van der Waals surface area contributed by atoms with Crippen LogP contribution in [0.15, 0.2) is 6.07 Å². The van der Waals surface area contributed by atoms with Crippen molar-refractivity contribution < 1.29 is 0 Å². The van der Waals surface area contributed by atoms with Gasteiger partial charge in [0, 0.05) is 24.0 Å². The molecule has 2 aliphatic rings. The Bertz CT molecular complexity index is 438. The molecule has 18 heavy (non-hydrogen) atoms. The van der Waals surface area contributed by atoms with Gasteiger partial charge in [-0.25, -0.2) is 0 Å². The van der Waals surface area contributed by atoms with E-state index in [4.69, 9.17) is 5.73 Å². The van der Waals surface area contributed by atoms with Gasteiger partial charge in [-0.05, 0) is 56.1 Å². The van der Waals surface area contributed by atoms with Gasteiger partial charge < -0.3 is 10.3 Å². The molecular formula is C16H26N2. The highest BCUT2D eigenvalue weighted by atomic mass is 15.0. The number of aryl methyl sites for hydroxylation is 1. The third kappa shape index (κ3) is 2.01. The van der Waals surface area contributed by atoms with Gasteiger partial charge in [-0.15, -0.1) is 0 Å². The van der Waals surface area contributed by atoms with Gasteiger partial charge in [-0.3, -0.25) is 0 Å². The minimum Gasteiger partial charge on any atom is -0.348 e. The van der Waals surface area contributed by atoms with Crippen molar-refractivity contribution in [3.05, 3.63) is 23.0 Å². The summed E-state index contributed by atoms with van der Waals surface area (Å²) < 4.78 is 2.58. The van der Waals surface area contributed by atoms with Crippen LogP contribution in [0.3, 0.4) is 0 Å². The van der Waals surface area contributed by atoms with Crippen LogP contribution in [0, 0.1) is 12.3 Å². The molecule has 0 aliphatic heterocycles. The van der Waals surface area contributed by atoms with E-state index < -0.39 is 0 Å². The number of nitrogens with zero attached hydrogens (tertiary/aromatic N) is 1. The van der Waals surface area contributed by atoms with Crippen LogP contribution in [0.2, 0.25) is 0 Å². The van der Waals surface area contributed by atoms with E-state index in [0.717, 1.165) is 6.42 Å². The highest BCUT2D eigenvalue weighted by Crippen LogP contribution is 2.41. The summed E-state index contributed by atoms with van der Waals surface area (Å²) in [4.78, 5) is 0. The molecule has 1 heterocycles. The second kappa shape index (κ2) is 4.41. The number of rotatable bonds is 2. The smallest absolute Gasteiger partial charge is 0.0313 e. The Morgan fingerprint density at radius 2 is 2.06 bits per heavy atom. The average Bonchev–Trinajstić information content (AvgIpc) is 2.88. The van der Waals surface area contributed by atoms with Crippen LogP contribution >= 0.6 is 0 Å². The highest BCUT2D eigenvalue weighted by molar-refractivity contribution is 5.32. The zero-order chi connectivity index (χ0) is 12.8. The van der Waals surface area contributed by atoms with E-state index in [1.54, 1.807) is 5.69 Å². The van der Waals surface area contributed by atoms with E-state index in [9.17, 15) is 0 Å². The molecule has 1 aromatic heterocycles. The molecule has 1 unspecified atom stereocenters. The Morgan fingerprint density at radius 1 is 1.33 bits per heavy atom. The maximum Gasteiger partial charge on any atom is 0.0313 e. The predicted octanol–water partition coefficient (Wildman–Crippen LogP) is 3.71.